The van der Waals surface area contributed by atoms with E-state index in [4.69, 9.17) is 14.4 Å². The lowest BCUT2D eigenvalue weighted by Crippen LogP contribution is -2.22. The van der Waals surface area contributed by atoms with Gasteiger partial charge >= 0.3 is 0 Å². The summed E-state index contributed by atoms with van der Waals surface area (Å²) in [6.45, 7) is 2.36. The molecule has 0 saturated heterocycles. The minimum Gasteiger partial charge on any atom is -0.456 e. The molecule has 1 aliphatic rings. The highest BCUT2D eigenvalue weighted by molar-refractivity contribution is 6.12. The predicted octanol–water partition coefficient (Wildman–Crippen LogP) is 14.0. The molecular formula is C54H36N2O. The lowest BCUT2D eigenvalue weighted by atomic mass is 9.74. The minimum atomic E-state index is -0.305. The summed E-state index contributed by atoms with van der Waals surface area (Å²) < 4.78 is 6.23. The third-order valence-corrected chi connectivity index (χ3v) is 11.8. The van der Waals surface area contributed by atoms with E-state index in [9.17, 15) is 0 Å². The van der Waals surface area contributed by atoms with E-state index in [2.05, 4.69) is 177 Å². The van der Waals surface area contributed by atoms with E-state index in [1.54, 1.807) is 0 Å². The third kappa shape index (κ3) is 5.43. The zero-order valence-electron chi connectivity index (χ0n) is 31.4. The van der Waals surface area contributed by atoms with E-state index in [-0.39, 0.29) is 5.41 Å². The van der Waals surface area contributed by atoms with E-state index in [1.165, 1.54) is 27.8 Å². The summed E-state index contributed by atoms with van der Waals surface area (Å²) >= 11 is 0. The Morgan fingerprint density at radius 2 is 0.947 bits per heavy atom. The smallest absolute Gasteiger partial charge is 0.160 e. The number of nitrogens with zero attached hydrogens (tertiary/aromatic N) is 2. The van der Waals surface area contributed by atoms with Crippen LogP contribution in [-0.2, 0) is 5.41 Å². The highest BCUT2D eigenvalue weighted by atomic mass is 16.3. The van der Waals surface area contributed by atoms with Crippen molar-refractivity contribution in [2.75, 3.05) is 0 Å². The standard InChI is InChI=1S/C54H36N2O/c1-54(41-21-6-3-7-22-41)46-26-10-8-23-43(46)44-30-29-40(33-47(44)54)49-34-48(55-53(56-49)35-15-4-2-5-16-35)39-20-13-18-37(32-39)36-17-12-19-38(31-36)42-25-14-28-51-52(42)45-24-9-11-27-50(45)57-51/h2-34H,1H3. The maximum Gasteiger partial charge on any atom is 0.160 e. The Balaban J connectivity index is 1.03. The van der Waals surface area contributed by atoms with Crippen LogP contribution in [0.2, 0.25) is 0 Å². The highest BCUT2D eigenvalue weighted by Crippen LogP contribution is 2.53. The summed E-state index contributed by atoms with van der Waals surface area (Å²) in [4.78, 5) is 10.5. The van der Waals surface area contributed by atoms with E-state index in [0.717, 1.165) is 72.3 Å². The fraction of sp³-hybridized carbons (Fsp3) is 0.0370. The van der Waals surface area contributed by atoms with Crippen molar-refractivity contribution in [3.8, 4) is 67.3 Å². The van der Waals surface area contributed by atoms with Gasteiger partial charge in [0, 0.05) is 32.9 Å². The van der Waals surface area contributed by atoms with Gasteiger partial charge in [0.25, 0.3) is 0 Å². The number of fused-ring (bicyclic) bond motifs is 6. The molecule has 3 nitrogen and oxygen atoms in total. The van der Waals surface area contributed by atoms with Gasteiger partial charge in [0.1, 0.15) is 11.2 Å². The molecule has 0 N–H and O–H groups in total. The first-order valence-corrected chi connectivity index (χ1v) is 19.5. The Morgan fingerprint density at radius 1 is 0.386 bits per heavy atom. The normalized spacial score (nSPS) is 14.5. The molecule has 0 saturated carbocycles. The van der Waals surface area contributed by atoms with Crippen molar-refractivity contribution in [3.63, 3.8) is 0 Å². The van der Waals surface area contributed by atoms with Crippen LogP contribution in [0.1, 0.15) is 23.6 Å². The van der Waals surface area contributed by atoms with Gasteiger partial charge in [-0.1, -0.05) is 164 Å². The summed E-state index contributed by atoms with van der Waals surface area (Å²) in [6, 6.07) is 71.1. The second-order valence-electron chi connectivity index (χ2n) is 15.1. The second kappa shape index (κ2) is 13.1. The first-order chi connectivity index (χ1) is 28.1. The van der Waals surface area contributed by atoms with E-state index in [1.807, 2.05) is 30.3 Å². The quantitative estimate of drug-likeness (QED) is 0.171. The Labute approximate surface area is 331 Å². The number of hydrogen-bond donors (Lipinski definition) is 0. The van der Waals surface area contributed by atoms with Crippen LogP contribution in [0.4, 0.5) is 0 Å². The number of hydrogen-bond acceptors (Lipinski definition) is 3. The summed E-state index contributed by atoms with van der Waals surface area (Å²) in [5, 5.41) is 2.27. The Bertz CT molecular complexity index is 3140. The average Bonchev–Trinajstić information content (AvgIpc) is 3.80. The molecule has 1 aliphatic carbocycles. The van der Waals surface area contributed by atoms with E-state index >= 15 is 0 Å². The summed E-state index contributed by atoms with van der Waals surface area (Å²) in [6.07, 6.45) is 0. The molecule has 8 aromatic carbocycles. The van der Waals surface area contributed by atoms with Crippen LogP contribution >= 0.6 is 0 Å². The zero-order valence-corrected chi connectivity index (χ0v) is 31.4. The molecule has 3 heteroatoms. The Hall–Kier alpha value is -7.36. The van der Waals surface area contributed by atoms with Gasteiger partial charge in [-0.2, -0.15) is 0 Å². The van der Waals surface area contributed by atoms with E-state index < -0.39 is 0 Å². The minimum absolute atomic E-state index is 0.305. The van der Waals surface area contributed by atoms with Crippen molar-refractivity contribution < 1.29 is 4.42 Å². The van der Waals surface area contributed by atoms with Gasteiger partial charge in [-0.15, -0.1) is 0 Å². The van der Waals surface area contributed by atoms with Crippen LogP contribution in [-0.4, -0.2) is 9.97 Å². The van der Waals surface area contributed by atoms with Gasteiger partial charge < -0.3 is 4.42 Å². The van der Waals surface area contributed by atoms with Crippen LogP contribution in [0.25, 0.3) is 89.2 Å². The molecule has 0 aliphatic heterocycles. The molecule has 0 fully saturated rings. The van der Waals surface area contributed by atoms with E-state index in [0.29, 0.717) is 5.82 Å². The molecular weight excluding hydrogens is 693 g/mol. The zero-order chi connectivity index (χ0) is 37.9. The van der Waals surface area contributed by atoms with Crippen LogP contribution in [0.5, 0.6) is 0 Å². The fourth-order valence-corrected chi connectivity index (χ4v) is 8.93. The van der Waals surface area contributed by atoms with Crippen molar-refractivity contribution in [2.24, 2.45) is 0 Å². The molecule has 0 radical (unpaired) electrons. The molecule has 10 aromatic rings. The Morgan fingerprint density at radius 3 is 1.75 bits per heavy atom. The van der Waals surface area contributed by atoms with Crippen LogP contribution in [0, 0.1) is 0 Å². The lowest BCUT2D eigenvalue weighted by Gasteiger charge is -2.28. The number of aromatic nitrogens is 2. The summed E-state index contributed by atoms with van der Waals surface area (Å²) in [5.74, 6) is 0.700. The number of benzene rings is 8. The van der Waals surface area contributed by atoms with Crippen molar-refractivity contribution in [1.29, 1.82) is 0 Å². The van der Waals surface area contributed by atoms with Crippen LogP contribution < -0.4 is 0 Å². The first-order valence-electron chi connectivity index (χ1n) is 19.5. The molecule has 2 aromatic heterocycles. The highest BCUT2D eigenvalue weighted by Gasteiger charge is 2.40. The largest absolute Gasteiger partial charge is 0.456 e. The monoisotopic (exact) mass is 728 g/mol. The van der Waals surface area contributed by atoms with Crippen molar-refractivity contribution in [1.82, 2.24) is 9.97 Å². The second-order valence-corrected chi connectivity index (χ2v) is 15.1. The molecule has 1 atom stereocenters. The molecule has 0 spiro atoms. The molecule has 1 unspecified atom stereocenters. The molecule has 2 heterocycles. The maximum atomic E-state index is 6.23. The fourth-order valence-electron chi connectivity index (χ4n) is 8.93. The van der Waals surface area contributed by atoms with Gasteiger partial charge in [0.05, 0.1) is 11.4 Å². The summed E-state index contributed by atoms with van der Waals surface area (Å²) in [7, 11) is 0. The predicted molar refractivity (Wildman–Crippen MR) is 234 cm³/mol. The molecule has 0 amide bonds. The van der Waals surface area contributed by atoms with Crippen LogP contribution in [0.15, 0.2) is 205 Å². The molecule has 0 bridgehead atoms. The van der Waals surface area contributed by atoms with Gasteiger partial charge in [-0.05, 0) is 93.4 Å². The van der Waals surface area contributed by atoms with Crippen molar-refractivity contribution in [2.45, 2.75) is 12.3 Å². The SMILES string of the molecule is CC1(c2ccccc2)c2ccccc2-c2ccc(-c3cc(-c4cccc(-c5cccc(-c6cccc7oc8ccccc8c67)c5)c4)nc(-c4ccccc4)n3)cc21. The summed E-state index contributed by atoms with van der Waals surface area (Å²) in [5.41, 5.74) is 17.3. The van der Waals surface area contributed by atoms with Crippen molar-refractivity contribution in [3.05, 3.63) is 217 Å². The maximum absolute atomic E-state index is 6.23. The third-order valence-electron chi connectivity index (χ3n) is 11.8. The number of furan rings is 1. The molecule has 57 heavy (non-hydrogen) atoms. The first kappa shape index (κ1) is 33.0. The average molecular weight is 729 g/mol. The van der Waals surface area contributed by atoms with Crippen molar-refractivity contribution >= 4 is 21.9 Å². The van der Waals surface area contributed by atoms with Gasteiger partial charge in [0.15, 0.2) is 5.82 Å². The lowest BCUT2D eigenvalue weighted by molar-refractivity contribution is 0.669. The molecule has 11 rings (SSSR count). The van der Waals surface area contributed by atoms with Gasteiger partial charge in [-0.25, -0.2) is 9.97 Å². The van der Waals surface area contributed by atoms with Crippen LogP contribution in [0.3, 0.4) is 0 Å². The Kier molecular flexibility index (Phi) is 7.61. The van der Waals surface area contributed by atoms with Gasteiger partial charge in [-0.3, -0.25) is 0 Å². The number of para-hydroxylation sites is 1. The van der Waals surface area contributed by atoms with Gasteiger partial charge in [0.2, 0.25) is 0 Å². The topological polar surface area (TPSA) is 38.9 Å². The molecule has 268 valence electrons. The number of rotatable bonds is 6.